The van der Waals surface area contributed by atoms with Crippen LogP contribution in [0.25, 0.3) is 0 Å². The predicted molar refractivity (Wildman–Crippen MR) is 111 cm³/mol. The molecule has 1 saturated heterocycles. The van der Waals surface area contributed by atoms with Gasteiger partial charge >= 0.3 is 0 Å². The van der Waals surface area contributed by atoms with Crippen molar-refractivity contribution in [1.29, 1.82) is 0 Å². The Morgan fingerprint density at radius 3 is 2.54 bits per heavy atom. The largest absolute Gasteiger partial charge is 0.489 e. The van der Waals surface area contributed by atoms with Crippen molar-refractivity contribution in [2.24, 2.45) is 16.6 Å². The van der Waals surface area contributed by atoms with Crippen molar-refractivity contribution in [2.45, 2.75) is 33.6 Å². The van der Waals surface area contributed by atoms with Gasteiger partial charge in [0.05, 0.1) is 5.41 Å². The molecule has 2 aliphatic rings. The summed E-state index contributed by atoms with van der Waals surface area (Å²) in [5.41, 5.74) is 6.65. The molecule has 0 bridgehead atoms. The van der Waals surface area contributed by atoms with Gasteiger partial charge in [0, 0.05) is 24.1 Å². The molecule has 28 heavy (non-hydrogen) atoms. The Bertz CT molecular complexity index is 849. The highest BCUT2D eigenvalue weighted by Gasteiger charge is 2.40. The van der Waals surface area contributed by atoms with Crippen molar-refractivity contribution in [2.75, 3.05) is 18.1 Å². The van der Waals surface area contributed by atoms with E-state index in [0.717, 1.165) is 17.0 Å². The Labute approximate surface area is 166 Å². The van der Waals surface area contributed by atoms with Crippen molar-refractivity contribution < 1.29 is 14.3 Å². The van der Waals surface area contributed by atoms with Crippen LogP contribution in [0.4, 0.5) is 5.69 Å². The third kappa shape index (κ3) is 4.53. The summed E-state index contributed by atoms with van der Waals surface area (Å²) in [6.07, 6.45) is 11.2. The first-order valence-corrected chi connectivity index (χ1v) is 9.59. The molecule has 1 unspecified atom stereocenters. The third-order valence-electron chi connectivity index (χ3n) is 5.44. The number of hydrogen-bond donors (Lipinski definition) is 1. The van der Waals surface area contributed by atoms with Crippen LogP contribution in [0.3, 0.4) is 0 Å². The summed E-state index contributed by atoms with van der Waals surface area (Å²) in [5.74, 6) is 0.255. The summed E-state index contributed by atoms with van der Waals surface area (Å²) in [6.45, 7) is 7.04. The average molecular weight is 380 g/mol. The van der Waals surface area contributed by atoms with Crippen molar-refractivity contribution in [3.63, 3.8) is 0 Å². The van der Waals surface area contributed by atoms with Crippen molar-refractivity contribution >= 4 is 17.5 Å². The minimum Gasteiger partial charge on any atom is -0.489 e. The molecule has 1 fully saturated rings. The number of carbonyl (C=O) groups is 2. The first kappa shape index (κ1) is 19.9. The topological polar surface area (TPSA) is 72.6 Å². The summed E-state index contributed by atoms with van der Waals surface area (Å²) in [4.78, 5) is 25.8. The van der Waals surface area contributed by atoms with E-state index in [9.17, 15) is 9.59 Å². The normalized spacial score (nSPS) is 23.9. The molecule has 1 atom stereocenters. The first-order valence-electron chi connectivity index (χ1n) is 9.59. The molecular formula is C23H28N2O3. The zero-order valence-corrected chi connectivity index (χ0v) is 16.8. The Hall–Kier alpha value is -2.82. The molecule has 1 heterocycles. The Morgan fingerprint density at radius 1 is 1.18 bits per heavy atom. The molecule has 0 saturated carbocycles. The molecule has 0 radical (unpaired) electrons. The van der Waals surface area contributed by atoms with Gasteiger partial charge < -0.3 is 15.4 Å². The van der Waals surface area contributed by atoms with Crippen LogP contribution in [0.2, 0.25) is 0 Å². The summed E-state index contributed by atoms with van der Waals surface area (Å²) in [7, 11) is 0. The molecule has 5 nitrogen and oxygen atoms in total. The van der Waals surface area contributed by atoms with Crippen LogP contribution in [0, 0.1) is 10.8 Å². The fraction of sp³-hybridized carbons (Fsp3) is 0.391. The predicted octanol–water partition coefficient (Wildman–Crippen LogP) is 3.76. The van der Waals surface area contributed by atoms with Crippen LogP contribution >= 0.6 is 0 Å². The SMILES string of the molecule is CC1(C)C=CC=C(COc2ccc(N3CCC(C)(C(N)=O)CC3=O)cc2)C=C1. The number of benzene rings is 1. The van der Waals surface area contributed by atoms with Gasteiger partial charge in [-0.2, -0.15) is 0 Å². The standard InChI is InChI=1S/C23H28N2O3/c1-22(2)11-4-5-17(10-12-22)16-28-19-8-6-18(7-9-19)25-14-13-23(3,21(24)27)15-20(25)26/h4-12H,13-16H2,1-3H3,(H2,24,27). The number of nitrogens with two attached hydrogens (primary N) is 1. The van der Waals surface area contributed by atoms with Crippen LogP contribution in [0.5, 0.6) is 5.75 Å². The second kappa shape index (κ2) is 7.66. The van der Waals surface area contributed by atoms with Crippen molar-refractivity contribution in [3.05, 3.63) is 60.2 Å². The van der Waals surface area contributed by atoms with Crippen LogP contribution in [0.1, 0.15) is 33.6 Å². The van der Waals surface area contributed by atoms with Gasteiger partial charge in [-0.05, 0) is 36.3 Å². The van der Waals surface area contributed by atoms with Gasteiger partial charge in [-0.1, -0.05) is 51.2 Å². The Kier molecular flexibility index (Phi) is 5.45. The minimum atomic E-state index is -0.750. The van der Waals surface area contributed by atoms with E-state index in [0.29, 0.717) is 19.6 Å². The summed E-state index contributed by atoms with van der Waals surface area (Å²) >= 11 is 0. The molecule has 2 amide bonds. The zero-order valence-electron chi connectivity index (χ0n) is 16.8. The second-order valence-electron chi connectivity index (χ2n) is 8.44. The molecule has 1 aliphatic heterocycles. The second-order valence-corrected chi connectivity index (χ2v) is 8.44. The Balaban J connectivity index is 1.60. The van der Waals surface area contributed by atoms with Crippen LogP contribution in [0.15, 0.2) is 60.2 Å². The average Bonchev–Trinajstić information content (AvgIpc) is 2.81. The number of carbonyl (C=O) groups excluding carboxylic acids is 2. The smallest absolute Gasteiger partial charge is 0.228 e. The molecule has 3 rings (SSSR count). The number of hydrogen-bond acceptors (Lipinski definition) is 3. The lowest BCUT2D eigenvalue weighted by molar-refractivity contribution is -0.134. The van der Waals surface area contributed by atoms with E-state index in [1.165, 1.54) is 0 Å². The maximum atomic E-state index is 12.5. The van der Waals surface area contributed by atoms with Gasteiger partial charge in [0.1, 0.15) is 12.4 Å². The number of piperidine rings is 1. The third-order valence-corrected chi connectivity index (χ3v) is 5.44. The maximum Gasteiger partial charge on any atom is 0.228 e. The lowest BCUT2D eigenvalue weighted by Crippen LogP contribution is -2.48. The summed E-state index contributed by atoms with van der Waals surface area (Å²) < 4.78 is 5.88. The van der Waals surface area contributed by atoms with Gasteiger partial charge in [-0.15, -0.1) is 0 Å². The highest BCUT2D eigenvalue weighted by atomic mass is 16.5. The lowest BCUT2D eigenvalue weighted by atomic mass is 9.79. The van der Waals surface area contributed by atoms with E-state index in [1.54, 1.807) is 11.8 Å². The zero-order chi connectivity index (χ0) is 20.4. The highest BCUT2D eigenvalue weighted by molar-refractivity contribution is 5.98. The van der Waals surface area contributed by atoms with Gasteiger partial charge in [-0.3, -0.25) is 9.59 Å². The van der Waals surface area contributed by atoms with E-state index >= 15 is 0 Å². The fourth-order valence-electron chi connectivity index (χ4n) is 3.32. The summed E-state index contributed by atoms with van der Waals surface area (Å²) in [6, 6.07) is 7.48. The van der Waals surface area contributed by atoms with E-state index in [-0.39, 0.29) is 17.7 Å². The number of primary amides is 1. The number of allylic oxidation sites excluding steroid dienone is 4. The Morgan fingerprint density at radius 2 is 1.89 bits per heavy atom. The number of ether oxygens (including phenoxy) is 1. The van der Waals surface area contributed by atoms with E-state index in [1.807, 2.05) is 24.3 Å². The number of amides is 2. The number of anilines is 1. The van der Waals surface area contributed by atoms with Crippen LogP contribution < -0.4 is 15.4 Å². The van der Waals surface area contributed by atoms with E-state index in [2.05, 4.69) is 44.2 Å². The van der Waals surface area contributed by atoms with Gasteiger partial charge in [0.2, 0.25) is 11.8 Å². The monoisotopic (exact) mass is 380 g/mol. The molecule has 148 valence electrons. The molecule has 1 aliphatic carbocycles. The quantitative estimate of drug-likeness (QED) is 0.845. The molecular weight excluding hydrogens is 352 g/mol. The summed E-state index contributed by atoms with van der Waals surface area (Å²) in [5, 5.41) is 0. The van der Waals surface area contributed by atoms with Crippen LogP contribution in [-0.4, -0.2) is 25.0 Å². The minimum absolute atomic E-state index is 0.0471. The van der Waals surface area contributed by atoms with Crippen molar-refractivity contribution in [3.8, 4) is 5.75 Å². The maximum absolute atomic E-state index is 12.5. The molecule has 5 heteroatoms. The van der Waals surface area contributed by atoms with Gasteiger partial charge in [-0.25, -0.2) is 0 Å². The molecule has 2 N–H and O–H groups in total. The first-order chi connectivity index (χ1) is 13.2. The molecule has 0 spiro atoms. The van der Waals surface area contributed by atoms with Crippen molar-refractivity contribution in [1.82, 2.24) is 0 Å². The molecule has 0 aromatic heterocycles. The van der Waals surface area contributed by atoms with E-state index in [4.69, 9.17) is 10.5 Å². The van der Waals surface area contributed by atoms with Crippen LogP contribution in [-0.2, 0) is 9.59 Å². The lowest BCUT2D eigenvalue weighted by Gasteiger charge is -2.36. The van der Waals surface area contributed by atoms with E-state index < -0.39 is 11.3 Å². The number of nitrogens with zero attached hydrogens (tertiary/aromatic N) is 1. The van der Waals surface area contributed by atoms with Gasteiger partial charge in [0.15, 0.2) is 0 Å². The number of rotatable bonds is 5. The van der Waals surface area contributed by atoms with Gasteiger partial charge in [0.25, 0.3) is 0 Å². The highest BCUT2D eigenvalue weighted by Crippen LogP contribution is 2.34. The molecule has 1 aromatic rings. The molecule has 1 aromatic carbocycles. The fourth-order valence-corrected chi connectivity index (χ4v) is 3.32.